The number of aromatic nitrogens is 4. The first-order valence-corrected chi connectivity index (χ1v) is 12.7. The van der Waals surface area contributed by atoms with E-state index in [9.17, 15) is 9.90 Å². The van der Waals surface area contributed by atoms with Crippen LogP contribution in [-0.4, -0.2) is 49.7 Å². The summed E-state index contributed by atoms with van der Waals surface area (Å²) in [6.07, 6.45) is 4.83. The maximum atomic E-state index is 12.1. The van der Waals surface area contributed by atoms with Crippen molar-refractivity contribution in [3.8, 4) is 0 Å². The second kappa shape index (κ2) is 9.28. The Kier molecular flexibility index (Phi) is 6.31. The Hall–Kier alpha value is -2.91. The van der Waals surface area contributed by atoms with E-state index in [-0.39, 0.29) is 17.6 Å². The number of ketones is 1. The number of H-pyrrole nitrogens is 1. The molecule has 2 aromatic heterocycles. The largest absolute Gasteiger partial charge is 0.386 e. The fraction of sp³-hybridized carbons (Fsp3) is 0.462. The number of aryl methyl sites for hydroxylation is 1. The molecule has 3 aliphatic rings. The molecule has 1 aromatic carbocycles. The maximum absolute atomic E-state index is 12.1. The van der Waals surface area contributed by atoms with Crippen molar-refractivity contribution >= 4 is 35.0 Å². The van der Waals surface area contributed by atoms with Crippen molar-refractivity contribution in [1.82, 2.24) is 20.2 Å². The number of Topliss-reactive ketones (excluding diaryl/α,β-unsaturated/α-hetero) is 1. The Morgan fingerprint density at radius 1 is 1.17 bits per heavy atom. The van der Waals surface area contributed by atoms with E-state index >= 15 is 0 Å². The lowest BCUT2D eigenvalue weighted by Gasteiger charge is -2.47. The van der Waals surface area contributed by atoms with Crippen LogP contribution in [0.5, 0.6) is 0 Å². The molecule has 2 aliphatic carbocycles. The van der Waals surface area contributed by atoms with E-state index in [1.807, 2.05) is 43.3 Å². The molecule has 0 atom stereocenters. The minimum absolute atomic E-state index is 0. The molecule has 0 unspecified atom stereocenters. The fourth-order valence-corrected chi connectivity index (χ4v) is 5.25. The summed E-state index contributed by atoms with van der Waals surface area (Å²) in [5.74, 6) is 3.21. The summed E-state index contributed by atoms with van der Waals surface area (Å²) in [6, 6.07) is 11.9. The third-order valence-electron chi connectivity index (χ3n) is 6.79. The Bertz CT molecular complexity index is 1230. The fourth-order valence-electron chi connectivity index (χ4n) is 4.48. The zero-order chi connectivity index (χ0) is 23.3. The smallest absolute Gasteiger partial charge is 0.196 e. The summed E-state index contributed by atoms with van der Waals surface area (Å²) in [5.41, 5.74) is 1.43. The summed E-state index contributed by atoms with van der Waals surface area (Å²) in [6.45, 7) is 3.15. The number of anilines is 3. The predicted octanol–water partition coefficient (Wildman–Crippen LogP) is 5.26. The molecule has 1 aliphatic heterocycles. The van der Waals surface area contributed by atoms with E-state index in [2.05, 4.69) is 20.4 Å². The first-order chi connectivity index (χ1) is 16.4. The molecule has 3 fully saturated rings. The van der Waals surface area contributed by atoms with Crippen LogP contribution in [-0.2, 0) is 11.2 Å². The summed E-state index contributed by atoms with van der Waals surface area (Å²) < 4.78 is 0. The number of nitrogens with zero attached hydrogens (tertiary/aromatic N) is 4. The molecule has 3 N–H and O–H groups in total. The van der Waals surface area contributed by atoms with Crippen LogP contribution in [0.1, 0.15) is 48.6 Å². The molecule has 0 radical (unpaired) electrons. The van der Waals surface area contributed by atoms with Gasteiger partial charge in [0, 0.05) is 39.3 Å². The summed E-state index contributed by atoms with van der Waals surface area (Å²) in [5, 5.41) is 21.8. The number of nitrogens with one attached hydrogen (secondary N) is 2. The number of hydrogen-bond acceptors (Lipinski definition) is 8. The molecule has 190 valence electrons. The quantitative estimate of drug-likeness (QED) is 0.343. The number of aliphatic hydroxyl groups is 1. The van der Waals surface area contributed by atoms with Crippen molar-refractivity contribution in [3.05, 3.63) is 47.7 Å². The number of hydrogen-bond donors (Lipinski definition) is 3. The van der Waals surface area contributed by atoms with Crippen molar-refractivity contribution < 1.29 is 14.2 Å². The highest BCUT2D eigenvalue weighted by molar-refractivity contribution is 7.99. The van der Waals surface area contributed by atoms with Crippen LogP contribution in [0.4, 0.5) is 17.5 Å². The second-order valence-corrected chi connectivity index (χ2v) is 10.9. The summed E-state index contributed by atoms with van der Waals surface area (Å²) >= 11 is 1.48. The minimum atomic E-state index is -0.584. The van der Waals surface area contributed by atoms with Gasteiger partial charge in [-0.25, -0.2) is 9.97 Å². The molecule has 0 amide bonds. The van der Waals surface area contributed by atoms with Crippen LogP contribution in [0.25, 0.3) is 0 Å². The minimum Gasteiger partial charge on any atom is -0.386 e. The molecule has 6 rings (SSSR count). The first-order valence-electron chi connectivity index (χ1n) is 11.9. The van der Waals surface area contributed by atoms with Gasteiger partial charge in [0.25, 0.3) is 0 Å². The highest BCUT2D eigenvalue weighted by atomic mass is 32.2. The highest BCUT2D eigenvalue weighted by Gasteiger charge is 2.52. The maximum Gasteiger partial charge on any atom is 0.196 e. The van der Waals surface area contributed by atoms with Crippen molar-refractivity contribution in [2.45, 2.75) is 62.1 Å². The lowest BCUT2D eigenvalue weighted by molar-refractivity contribution is -0.119. The molecule has 0 spiro atoms. The molecule has 3 heterocycles. The zero-order valence-electron chi connectivity index (χ0n) is 19.1. The molecular weight excluding hydrogens is 460 g/mol. The van der Waals surface area contributed by atoms with Gasteiger partial charge in [-0.2, -0.15) is 5.10 Å². The lowest BCUT2D eigenvalue weighted by Crippen LogP contribution is -2.63. The standard InChI is InChI=1S/C25H28N6O2S.CH4.3H2/c1-15-10-22(30-29-15)26-21-12-23(31-13-25(33,14-31)18-6-7-18)28-24(27-21)34-19-8-2-16(3-9-19)11-20(32)17-4-5-17;;;;/h2-3,8-10,12,17-18,33H,4-7,11,13-14H2,1H3,(H2,26,27,28,29,30);1H4;3*1H. The van der Waals surface area contributed by atoms with E-state index in [0.29, 0.717) is 48.0 Å². The van der Waals surface area contributed by atoms with Crippen LogP contribution >= 0.6 is 11.8 Å². The summed E-state index contributed by atoms with van der Waals surface area (Å²) in [7, 11) is 0. The Morgan fingerprint density at radius 2 is 1.91 bits per heavy atom. The van der Waals surface area contributed by atoms with E-state index in [1.165, 1.54) is 11.8 Å². The van der Waals surface area contributed by atoms with Gasteiger partial charge in [0.15, 0.2) is 11.0 Å². The molecule has 0 bridgehead atoms. The molecule has 1 saturated heterocycles. The van der Waals surface area contributed by atoms with Crippen LogP contribution in [0, 0.1) is 18.8 Å². The zero-order valence-corrected chi connectivity index (χ0v) is 19.9. The normalized spacial score (nSPS) is 18.5. The molecule has 3 aromatic rings. The van der Waals surface area contributed by atoms with Crippen molar-refractivity contribution in [3.63, 3.8) is 0 Å². The van der Waals surface area contributed by atoms with Crippen LogP contribution < -0.4 is 10.2 Å². The van der Waals surface area contributed by atoms with Gasteiger partial charge < -0.3 is 15.3 Å². The SMILES string of the molecule is C.Cc1cc(Nc2cc(N3CC(O)(C4CC4)C3)nc(Sc3ccc(CC(=O)C4CC4)cc3)n2)n[nH]1.[HH].[HH].[HH]. The van der Waals surface area contributed by atoms with Crippen LogP contribution in [0.3, 0.4) is 0 Å². The van der Waals surface area contributed by atoms with Crippen molar-refractivity contribution in [1.29, 1.82) is 0 Å². The van der Waals surface area contributed by atoms with Gasteiger partial charge in [-0.05, 0) is 68.0 Å². The molecule has 35 heavy (non-hydrogen) atoms. The number of benzene rings is 1. The highest BCUT2D eigenvalue weighted by Crippen LogP contribution is 2.45. The number of rotatable bonds is 9. The van der Waals surface area contributed by atoms with Crippen LogP contribution in [0.2, 0.25) is 0 Å². The second-order valence-electron chi connectivity index (χ2n) is 9.85. The van der Waals surface area contributed by atoms with Gasteiger partial charge in [0.1, 0.15) is 23.0 Å². The van der Waals surface area contributed by atoms with Gasteiger partial charge in [-0.15, -0.1) is 0 Å². The average molecular weight is 499 g/mol. The third kappa shape index (κ3) is 5.36. The van der Waals surface area contributed by atoms with E-state index in [1.54, 1.807) is 0 Å². The van der Waals surface area contributed by atoms with E-state index < -0.39 is 5.60 Å². The van der Waals surface area contributed by atoms with Gasteiger partial charge in [-0.1, -0.05) is 19.6 Å². The monoisotopic (exact) mass is 498 g/mol. The van der Waals surface area contributed by atoms with Crippen LogP contribution in [0.15, 0.2) is 46.5 Å². The Balaban J connectivity index is 0.00000127. The van der Waals surface area contributed by atoms with Gasteiger partial charge in [0.05, 0.1) is 13.1 Å². The number of β-amino-alcohol motifs (C(OH)–C–C–N with tert-alkyl or cyclic N) is 1. The number of aromatic amines is 1. The van der Waals surface area contributed by atoms with E-state index in [0.717, 1.165) is 47.7 Å². The summed E-state index contributed by atoms with van der Waals surface area (Å²) in [4.78, 5) is 24.7. The lowest BCUT2D eigenvalue weighted by atomic mass is 9.89. The Morgan fingerprint density at radius 3 is 2.54 bits per heavy atom. The molecule has 2 saturated carbocycles. The number of carbonyl (C=O) groups is 1. The molecule has 9 heteroatoms. The first kappa shape index (κ1) is 23.8. The third-order valence-corrected chi connectivity index (χ3v) is 7.66. The molecular formula is C26H38N6O2S. The van der Waals surface area contributed by atoms with Crippen molar-refractivity contribution in [2.75, 3.05) is 23.3 Å². The van der Waals surface area contributed by atoms with E-state index in [4.69, 9.17) is 9.97 Å². The van der Waals surface area contributed by atoms with Gasteiger partial charge in [0.2, 0.25) is 0 Å². The van der Waals surface area contributed by atoms with Crippen molar-refractivity contribution in [2.24, 2.45) is 11.8 Å². The Labute approximate surface area is 214 Å². The van der Waals surface area contributed by atoms with Gasteiger partial charge in [-0.3, -0.25) is 9.89 Å². The predicted molar refractivity (Wildman–Crippen MR) is 144 cm³/mol. The topological polar surface area (TPSA) is 107 Å². The number of carbonyl (C=O) groups excluding carboxylic acids is 1. The van der Waals surface area contributed by atoms with Gasteiger partial charge >= 0.3 is 0 Å². The molecule has 8 nitrogen and oxygen atoms in total. The average Bonchev–Trinajstić information content (AvgIpc) is 3.71.